The summed E-state index contributed by atoms with van der Waals surface area (Å²) < 4.78 is 10.1. The van der Waals surface area contributed by atoms with Crippen molar-refractivity contribution < 1.29 is 14.3 Å². The van der Waals surface area contributed by atoms with Crippen LogP contribution in [0.25, 0.3) is 0 Å². The summed E-state index contributed by atoms with van der Waals surface area (Å²) in [5.74, 6) is -0.346. The predicted molar refractivity (Wildman–Crippen MR) is 69.5 cm³/mol. The molecule has 1 rings (SSSR count). The van der Waals surface area contributed by atoms with Crippen molar-refractivity contribution in [1.82, 2.24) is 4.98 Å². The zero-order valence-corrected chi connectivity index (χ0v) is 11.1. The highest BCUT2D eigenvalue weighted by molar-refractivity contribution is 5.87. The van der Waals surface area contributed by atoms with Crippen LogP contribution in [0.1, 0.15) is 42.2 Å². The first-order valence-corrected chi connectivity index (χ1v) is 6.01. The van der Waals surface area contributed by atoms with Crippen LogP contribution in [0.3, 0.4) is 0 Å². The Balaban J connectivity index is 2.82. The normalized spacial score (nSPS) is 12.2. The van der Waals surface area contributed by atoms with E-state index in [-0.39, 0.29) is 11.6 Å². The van der Waals surface area contributed by atoms with Gasteiger partial charge >= 0.3 is 5.97 Å². The van der Waals surface area contributed by atoms with Crippen LogP contribution in [0.2, 0.25) is 0 Å². The largest absolute Gasteiger partial charge is 0.464 e. The number of methoxy groups -OCH3 is 1. The van der Waals surface area contributed by atoms with Crippen LogP contribution < -0.4 is 5.73 Å². The van der Waals surface area contributed by atoms with E-state index in [0.29, 0.717) is 12.3 Å². The summed E-state index contributed by atoms with van der Waals surface area (Å²) >= 11 is 0. The summed E-state index contributed by atoms with van der Waals surface area (Å²) in [5, 5.41) is 0. The third kappa shape index (κ3) is 3.70. The van der Waals surface area contributed by atoms with Crippen molar-refractivity contribution in [1.29, 1.82) is 0 Å². The van der Waals surface area contributed by atoms with Crippen LogP contribution in [-0.4, -0.2) is 31.3 Å². The van der Waals surface area contributed by atoms with Crippen LogP contribution in [0, 0.1) is 0 Å². The number of ether oxygens (including phenoxy) is 2. The number of hydrogen-bond acceptors (Lipinski definition) is 5. The maximum Gasteiger partial charge on any atom is 0.356 e. The van der Waals surface area contributed by atoms with Gasteiger partial charge < -0.3 is 15.2 Å². The SMILES string of the molecule is CCCOC[C@H](C)c1cc(C(=O)OC)ncc1N. The molecular formula is C13H20N2O3. The van der Waals surface area contributed by atoms with Gasteiger partial charge in [-0.2, -0.15) is 0 Å². The molecule has 0 aliphatic carbocycles. The van der Waals surface area contributed by atoms with Gasteiger partial charge in [-0.3, -0.25) is 0 Å². The smallest absolute Gasteiger partial charge is 0.356 e. The molecule has 0 radical (unpaired) electrons. The van der Waals surface area contributed by atoms with Crippen LogP contribution in [0.4, 0.5) is 5.69 Å². The van der Waals surface area contributed by atoms with E-state index in [9.17, 15) is 4.79 Å². The fraction of sp³-hybridized carbons (Fsp3) is 0.538. The lowest BCUT2D eigenvalue weighted by molar-refractivity contribution is 0.0593. The van der Waals surface area contributed by atoms with Gasteiger partial charge in [-0.15, -0.1) is 0 Å². The highest BCUT2D eigenvalue weighted by Gasteiger charge is 2.14. The molecule has 0 saturated heterocycles. The summed E-state index contributed by atoms with van der Waals surface area (Å²) in [5.41, 5.74) is 7.56. The average molecular weight is 252 g/mol. The van der Waals surface area contributed by atoms with E-state index in [1.54, 1.807) is 6.07 Å². The number of nitrogens with two attached hydrogens (primary N) is 1. The quantitative estimate of drug-likeness (QED) is 0.619. The fourth-order valence-electron chi connectivity index (χ4n) is 1.62. The lowest BCUT2D eigenvalue weighted by Crippen LogP contribution is -2.11. The van der Waals surface area contributed by atoms with Gasteiger partial charge in [0.25, 0.3) is 0 Å². The molecule has 1 atom stereocenters. The second-order valence-corrected chi connectivity index (χ2v) is 4.17. The summed E-state index contributed by atoms with van der Waals surface area (Å²) in [6.07, 6.45) is 2.46. The number of carbonyl (C=O) groups is 1. The molecule has 0 unspecified atom stereocenters. The number of nitrogen functional groups attached to an aromatic ring is 1. The topological polar surface area (TPSA) is 74.4 Å². The first-order chi connectivity index (χ1) is 8.60. The van der Waals surface area contributed by atoms with E-state index in [4.69, 9.17) is 10.5 Å². The van der Waals surface area contributed by atoms with Crippen LogP contribution in [-0.2, 0) is 9.47 Å². The van der Waals surface area contributed by atoms with Gasteiger partial charge in [0.05, 0.1) is 25.6 Å². The monoisotopic (exact) mass is 252 g/mol. The fourth-order valence-corrected chi connectivity index (χ4v) is 1.62. The van der Waals surface area contributed by atoms with E-state index in [2.05, 4.69) is 16.6 Å². The molecule has 1 heterocycles. The molecule has 5 nitrogen and oxygen atoms in total. The number of carbonyl (C=O) groups excluding carboxylic acids is 1. The Morgan fingerprint density at radius 3 is 2.89 bits per heavy atom. The molecule has 0 aliphatic heterocycles. The number of hydrogen-bond donors (Lipinski definition) is 1. The highest BCUT2D eigenvalue weighted by atomic mass is 16.5. The zero-order chi connectivity index (χ0) is 13.5. The predicted octanol–water partition coefficient (Wildman–Crippen LogP) is 1.98. The minimum absolute atomic E-state index is 0.114. The molecular weight excluding hydrogens is 232 g/mol. The minimum Gasteiger partial charge on any atom is -0.464 e. The molecule has 0 saturated carbocycles. The number of anilines is 1. The average Bonchev–Trinajstić information content (AvgIpc) is 2.38. The summed E-state index contributed by atoms with van der Waals surface area (Å²) in [6, 6.07) is 1.67. The molecule has 5 heteroatoms. The zero-order valence-electron chi connectivity index (χ0n) is 11.1. The molecule has 0 aromatic carbocycles. The second-order valence-electron chi connectivity index (χ2n) is 4.17. The molecule has 1 aromatic heterocycles. The maximum atomic E-state index is 11.4. The van der Waals surface area contributed by atoms with Gasteiger partial charge in [-0.05, 0) is 18.1 Å². The van der Waals surface area contributed by atoms with E-state index < -0.39 is 5.97 Å². The summed E-state index contributed by atoms with van der Waals surface area (Å²) in [4.78, 5) is 15.4. The number of rotatable bonds is 6. The summed E-state index contributed by atoms with van der Waals surface area (Å²) in [6.45, 7) is 5.35. The number of esters is 1. The molecule has 0 spiro atoms. The van der Waals surface area contributed by atoms with Gasteiger partial charge in [0, 0.05) is 12.5 Å². The third-order valence-electron chi connectivity index (χ3n) is 2.61. The van der Waals surface area contributed by atoms with Crippen LogP contribution >= 0.6 is 0 Å². The highest BCUT2D eigenvalue weighted by Crippen LogP contribution is 2.22. The molecule has 100 valence electrons. The Morgan fingerprint density at radius 2 is 2.28 bits per heavy atom. The Bertz CT molecular complexity index is 407. The second kappa shape index (κ2) is 6.96. The lowest BCUT2D eigenvalue weighted by Gasteiger charge is -2.15. The van der Waals surface area contributed by atoms with Crippen molar-refractivity contribution >= 4 is 11.7 Å². The third-order valence-corrected chi connectivity index (χ3v) is 2.61. The molecule has 1 aromatic rings. The van der Waals surface area contributed by atoms with Crippen molar-refractivity contribution in [2.45, 2.75) is 26.2 Å². The summed E-state index contributed by atoms with van der Waals surface area (Å²) in [7, 11) is 1.33. The van der Waals surface area contributed by atoms with E-state index >= 15 is 0 Å². The lowest BCUT2D eigenvalue weighted by atomic mass is 10.0. The Kier molecular flexibility index (Phi) is 5.58. The number of nitrogens with zero attached hydrogens (tertiary/aromatic N) is 1. The number of aromatic nitrogens is 1. The van der Waals surface area contributed by atoms with Crippen molar-refractivity contribution in [2.75, 3.05) is 26.1 Å². The van der Waals surface area contributed by atoms with Crippen molar-refractivity contribution in [3.8, 4) is 0 Å². The van der Waals surface area contributed by atoms with E-state index in [0.717, 1.165) is 18.6 Å². The molecule has 0 fully saturated rings. The van der Waals surface area contributed by atoms with Crippen LogP contribution in [0.15, 0.2) is 12.3 Å². The molecule has 0 bridgehead atoms. The van der Waals surface area contributed by atoms with Gasteiger partial charge in [0.1, 0.15) is 5.69 Å². The maximum absolute atomic E-state index is 11.4. The minimum atomic E-state index is -0.460. The van der Waals surface area contributed by atoms with Gasteiger partial charge in [0.2, 0.25) is 0 Å². The molecule has 0 amide bonds. The first kappa shape index (κ1) is 14.4. The molecule has 2 N–H and O–H groups in total. The molecule has 0 aliphatic rings. The Labute approximate surface area is 107 Å². The van der Waals surface area contributed by atoms with E-state index in [1.807, 2.05) is 6.92 Å². The van der Waals surface area contributed by atoms with Gasteiger partial charge in [-0.25, -0.2) is 9.78 Å². The standard InChI is InChI=1S/C13H20N2O3/c1-4-5-18-8-9(2)10-6-12(13(16)17-3)15-7-11(10)14/h6-7,9H,4-5,8,14H2,1-3H3/t9-/m0/s1. The van der Waals surface area contributed by atoms with Gasteiger partial charge in [0.15, 0.2) is 0 Å². The van der Waals surface area contributed by atoms with Crippen LogP contribution in [0.5, 0.6) is 0 Å². The Hall–Kier alpha value is -1.62. The number of pyridine rings is 1. The van der Waals surface area contributed by atoms with Crippen molar-refractivity contribution in [3.05, 3.63) is 23.5 Å². The molecule has 18 heavy (non-hydrogen) atoms. The van der Waals surface area contributed by atoms with Crippen molar-refractivity contribution in [3.63, 3.8) is 0 Å². The first-order valence-electron chi connectivity index (χ1n) is 6.01. The van der Waals surface area contributed by atoms with E-state index in [1.165, 1.54) is 13.3 Å². The van der Waals surface area contributed by atoms with Gasteiger partial charge in [-0.1, -0.05) is 13.8 Å². The van der Waals surface area contributed by atoms with Crippen molar-refractivity contribution in [2.24, 2.45) is 0 Å². The Morgan fingerprint density at radius 1 is 1.56 bits per heavy atom.